The number of nitrogens with one attached hydrogen (secondary N) is 2. The van der Waals surface area contributed by atoms with E-state index >= 15 is 0 Å². The molecule has 1 heterocycles. The van der Waals surface area contributed by atoms with Crippen LogP contribution in [-0.4, -0.2) is 43.4 Å². The minimum atomic E-state index is -0.414. The number of carbonyl (C=O) groups is 2. The summed E-state index contributed by atoms with van der Waals surface area (Å²) in [5.41, 5.74) is 1.36. The van der Waals surface area contributed by atoms with Gasteiger partial charge in [0.05, 0.1) is 11.7 Å². The fourth-order valence-electron chi connectivity index (χ4n) is 3.02. The van der Waals surface area contributed by atoms with Crippen LogP contribution < -0.4 is 10.6 Å². The third kappa shape index (κ3) is 6.05. The largest absolute Gasteiger partial charge is 0.377 e. The number of hydrogen-bond acceptors (Lipinski definition) is 4. The number of aryl methyl sites for hydroxylation is 1. The second kappa shape index (κ2) is 10.4. The van der Waals surface area contributed by atoms with E-state index in [1.54, 1.807) is 36.9 Å². The van der Waals surface area contributed by atoms with E-state index in [1.807, 2.05) is 18.2 Å². The van der Waals surface area contributed by atoms with Crippen molar-refractivity contribution in [3.63, 3.8) is 0 Å². The Labute approximate surface area is 174 Å². The molecule has 1 atom stereocenters. The Morgan fingerprint density at radius 1 is 1.14 bits per heavy atom. The molecule has 29 heavy (non-hydrogen) atoms. The summed E-state index contributed by atoms with van der Waals surface area (Å²) in [6, 6.07) is 11.8. The van der Waals surface area contributed by atoms with Crippen molar-refractivity contribution < 1.29 is 18.7 Å². The molecule has 1 fully saturated rings. The van der Waals surface area contributed by atoms with Crippen molar-refractivity contribution in [2.24, 2.45) is 0 Å². The molecule has 3 rings (SSSR count). The lowest BCUT2D eigenvalue weighted by molar-refractivity contribution is 0.0926. The summed E-state index contributed by atoms with van der Waals surface area (Å²) in [6.45, 7) is 2.99. The first kappa shape index (κ1) is 21.3. The topological polar surface area (TPSA) is 67.4 Å². The van der Waals surface area contributed by atoms with E-state index in [0.717, 1.165) is 30.1 Å². The van der Waals surface area contributed by atoms with E-state index in [0.29, 0.717) is 11.1 Å². The minimum Gasteiger partial charge on any atom is -0.377 e. The Balaban J connectivity index is 1.46. The number of benzene rings is 2. The predicted octanol–water partition coefficient (Wildman–Crippen LogP) is 3.57. The van der Waals surface area contributed by atoms with Crippen LogP contribution in [0.5, 0.6) is 0 Å². The number of thioether (sulfide) groups is 1. The first-order chi connectivity index (χ1) is 14.0. The zero-order valence-corrected chi connectivity index (χ0v) is 17.2. The van der Waals surface area contributed by atoms with E-state index in [-0.39, 0.29) is 36.6 Å². The average Bonchev–Trinajstić information content (AvgIpc) is 3.25. The van der Waals surface area contributed by atoms with Gasteiger partial charge in [-0.2, -0.15) is 0 Å². The van der Waals surface area contributed by atoms with Gasteiger partial charge in [0.2, 0.25) is 0 Å². The maximum absolute atomic E-state index is 13.6. The molecule has 0 aromatic heterocycles. The molecule has 2 amide bonds. The van der Waals surface area contributed by atoms with E-state index in [1.165, 1.54) is 6.07 Å². The van der Waals surface area contributed by atoms with Crippen LogP contribution in [0.25, 0.3) is 0 Å². The Kier molecular flexibility index (Phi) is 7.66. The van der Waals surface area contributed by atoms with Gasteiger partial charge in [0.25, 0.3) is 11.8 Å². The van der Waals surface area contributed by atoms with Crippen molar-refractivity contribution in [2.45, 2.75) is 30.8 Å². The molecule has 0 aliphatic carbocycles. The molecule has 0 spiro atoms. The fraction of sp³-hybridized carbons (Fsp3) is 0.364. The van der Waals surface area contributed by atoms with Crippen LogP contribution in [0.3, 0.4) is 0 Å². The van der Waals surface area contributed by atoms with E-state index in [4.69, 9.17) is 4.74 Å². The normalized spacial score (nSPS) is 15.9. The Hall–Kier alpha value is -2.38. The number of rotatable bonds is 8. The third-order valence-electron chi connectivity index (χ3n) is 4.71. The molecule has 2 aromatic rings. The molecule has 1 saturated heterocycles. The first-order valence-corrected chi connectivity index (χ1v) is 10.7. The van der Waals surface area contributed by atoms with Gasteiger partial charge in [-0.1, -0.05) is 18.2 Å². The number of hydrogen-bond donors (Lipinski definition) is 2. The maximum Gasteiger partial charge on any atom is 0.252 e. The molecule has 7 heteroatoms. The Bertz CT molecular complexity index is 869. The predicted molar refractivity (Wildman–Crippen MR) is 112 cm³/mol. The summed E-state index contributed by atoms with van der Waals surface area (Å²) < 4.78 is 19.2. The second-order valence-corrected chi connectivity index (χ2v) is 7.98. The zero-order chi connectivity index (χ0) is 20.6. The van der Waals surface area contributed by atoms with Gasteiger partial charge in [-0.15, -0.1) is 11.8 Å². The SMILES string of the molecule is Cc1ccc(C(=O)NCCNC(=O)c2ccccc2SCC2CCCO2)cc1F. The van der Waals surface area contributed by atoms with Crippen molar-refractivity contribution in [2.75, 3.05) is 25.4 Å². The number of ether oxygens (including phenoxy) is 1. The van der Waals surface area contributed by atoms with E-state index in [2.05, 4.69) is 10.6 Å². The van der Waals surface area contributed by atoms with Crippen molar-refractivity contribution >= 4 is 23.6 Å². The lowest BCUT2D eigenvalue weighted by Crippen LogP contribution is -2.34. The van der Waals surface area contributed by atoms with Crippen LogP contribution >= 0.6 is 11.8 Å². The summed E-state index contributed by atoms with van der Waals surface area (Å²) >= 11 is 1.63. The van der Waals surface area contributed by atoms with Gasteiger partial charge >= 0.3 is 0 Å². The lowest BCUT2D eigenvalue weighted by atomic mass is 10.1. The highest BCUT2D eigenvalue weighted by Crippen LogP contribution is 2.26. The number of carbonyl (C=O) groups excluding carboxylic acids is 2. The number of amides is 2. The quantitative estimate of drug-likeness (QED) is 0.510. The van der Waals surface area contributed by atoms with Crippen LogP contribution in [-0.2, 0) is 4.74 Å². The van der Waals surface area contributed by atoms with Crippen LogP contribution in [0, 0.1) is 12.7 Å². The zero-order valence-electron chi connectivity index (χ0n) is 16.4. The van der Waals surface area contributed by atoms with Gasteiger partial charge in [0.15, 0.2) is 0 Å². The summed E-state index contributed by atoms with van der Waals surface area (Å²) in [7, 11) is 0. The van der Waals surface area contributed by atoms with E-state index in [9.17, 15) is 14.0 Å². The van der Waals surface area contributed by atoms with Crippen LogP contribution in [0.1, 0.15) is 39.1 Å². The van der Waals surface area contributed by atoms with Crippen molar-refractivity contribution in [1.29, 1.82) is 0 Å². The first-order valence-electron chi connectivity index (χ1n) is 9.70. The highest BCUT2D eigenvalue weighted by Gasteiger charge is 2.18. The summed E-state index contributed by atoms with van der Waals surface area (Å²) in [5, 5.41) is 5.51. The van der Waals surface area contributed by atoms with Crippen LogP contribution in [0.15, 0.2) is 47.4 Å². The smallest absolute Gasteiger partial charge is 0.252 e. The average molecular weight is 417 g/mol. The molecule has 0 bridgehead atoms. The molecule has 1 aliphatic rings. The van der Waals surface area contributed by atoms with Gasteiger partial charge in [0, 0.05) is 35.9 Å². The molecule has 5 nitrogen and oxygen atoms in total. The van der Waals surface area contributed by atoms with Crippen molar-refractivity contribution in [3.8, 4) is 0 Å². The van der Waals surface area contributed by atoms with Gasteiger partial charge < -0.3 is 15.4 Å². The standard InChI is InChI=1S/C22H25FN2O3S/c1-15-8-9-16(13-19(15)23)21(26)24-10-11-25-22(27)18-6-2-3-7-20(18)29-14-17-5-4-12-28-17/h2-3,6-9,13,17H,4-5,10-12,14H2,1H3,(H,24,26)(H,25,27). The summed E-state index contributed by atoms with van der Waals surface area (Å²) in [6.07, 6.45) is 2.40. The third-order valence-corrected chi connectivity index (χ3v) is 5.92. The molecule has 1 unspecified atom stereocenters. The fourth-order valence-corrected chi connectivity index (χ4v) is 4.14. The molecule has 2 aromatic carbocycles. The minimum absolute atomic E-state index is 0.184. The summed E-state index contributed by atoms with van der Waals surface area (Å²) in [4.78, 5) is 25.5. The maximum atomic E-state index is 13.6. The van der Waals surface area contributed by atoms with Gasteiger partial charge in [-0.25, -0.2) is 4.39 Å². The number of halogens is 1. The van der Waals surface area contributed by atoms with Gasteiger partial charge in [0.1, 0.15) is 5.82 Å². The second-order valence-electron chi connectivity index (χ2n) is 6.92. The molecular formula is C22H25FN2O3S. The Morgan fingerprint density at radius 3 is 2.62 bits per heavy atom. The molecule has 0 saturated carbocycles. The van der Waals surface area contributed by atoms with Crippen molar-refractivity contribution in [3.05, 3.63) is 65.0 Å². The van der Waals surface area contributed by atoms with Gasteiger partial charge in [-0.05, 0) is 49.6 Å². The van der Waals surface area contributed by atoms with Crippen LogP contribution in [0.4, 0.5) is 4.39 Å². The lowest BCUT2D eigenvalue weighted by Gasteiger charge is -2.12. The molecular weight excluding hydrogens is 391 g/mol. The summed E-state index contributed by atoms with van der Waals surface area (Å²) in [5.74, 6) is -0.141. The Morgan fingerprint density at radius 2 is 1.90 bits per heavy atom. The van der Waals surface area contributed by atoms with Crippen molar-refractivity contribution in [1.82, 2.24) is 10.6 Å². The molecule has 1 aliphatic heterocycles. The molecule has 2 N–H and O–H groups in total. The van der Waals surface area contributed by atoms with E-state index < -0.39 is 5.82 Å². The highest BCUT2D eigenvalue weighted by atomic mass is 32.2. The molecule has 154 valence electrons. The van der Waals surface area contributed by atoms with Crippen LogP contribution in [0.2, 0.25) is 0 Å². The van der Waals surface area contributed by atoms with Gasteiger partial charge in [-0.3, -0.25) is 9.59 Å². The highest BCUT2D eigenvalue weighted by molar-refractivity contribution is 7.99. The monoisotopic (exact) mass is 416 g/mol. The molecule has 0 radical (unpaired) electrons.